The second kappa shape index (κ2) is 9.63. The largest absolute Gasteiger partial charge is 0.483 e. The van der Waals surface area contributed by atoms with Crippen LogP contribution in [0.5, 0.6) is 0 Å². The van der Waals surface area contributed by atoms with Crippen molar-refractivity contribution in [3.8, 4) is 0 Å². The van der Waals surface area contributed by atoms with Crippen molar-refractivity contribution in [1.82, 2.24) is 0 Å². The quantitative estimate of drug-likeness (QED) is 0.321. The van der Waals surface area contributed by atoms with Gasteiger partial charge < -0.3 is 15.3 Å². The Bertz CT molecular complexity index is 43.3. The molecule has 0 spiro atoms. The van der Waals surface area contributed by atoms with E-state index in [9.17, 15) is 0 Å². The molecular weight excluding hydrogens is 112 g/mol. The van der Waals surface area contributed by atoms with Crippen LogP contribution < -0.4 is 0 Å². The summed E-state index contributed by atoms with van der Waals surface area (Å²) >= 11 is 0. The summed E-state index contributed by atoms with van der Waals surface area (Å²) in [5.41, 5.74) is 0. The fourth-order valence-electron chi connectivity index (χ4n) is 0. The van der Waals surface area contributed by atoms with Gasteiger partial charge in [0.05, 0.1) is 0 Å². The lowest BCUT2D eigenvalue weighted by Gasteiger charge is -1.90. The second-order valence-corrected chi connectivity index (χ2v) is 0.994. The topological polar surface area (TPSA) is 77.8 Å². The maximum atomic E-state index is 8.36. The Kier molecular flexibility index (Phi) is 12.5. The summed E-state index contributed by atoms with van der Waals surface area (Å²) in [6.45, 7) is 1.45. The number of rotatable bonds is 1. The SMILES string of the molecule is CCC(O)O.O=CO. The summed E-state index contributed by atoms with van der Waals surface area (Å²) in [6.07, 6.45) is -0.699. The van der Waals surface area contributed by atoms with Crippen LogP contribution in [0.15, 0.2) is 0 Å². The number of carbonyl (C=O) groups is 1. The van der Waals surface area contributed by atoms with E-state index in [0.717, 1.165) is 0 Å². The Labute approximate surface area is 47.4 Å². The molecule has 0 aliphatic heterocycles. The number of carboxylic acid groups (broad SMARTS) is 1. The van der Waals surface area contributed by atoms with Crippen molar-refractivity contribution in [3.63, 3.8) is 0 Å². The maximum absolute atomic E-state index is 8.36. The molecule has 0 saturated carbocycles. The maximum Gasteiger partial charge on any atom is 0.290 e. The van der Waals surface area contributed by atoms with Crippen LogP contribution >= 0.6 is 0 Å². The van der Waals surface area contributed by atoms with Crippen LogP contribution in [-0.4, -0.2) is 28.1 Å². The van der Waals surface area contributed by atoms with E-state index in [4.69, 9.17) is 20.1 Å². The number of hydrogen-bond acceptors (Lipinski definition) is 3. The molecule has 4 nitrogen and oxygen atoms in total. The van der Waals surface area contributed by atoms with Crippen molar-refractivity contribution >= 4 is 6.47 Å². The Balaban J connectivity index is 0. The van der Waals surface area contributed by atoms with Crippen LogP contribution in [0.2, 0.25) is 0 Å². The smallest absolute Gasteiger partial charge is 0.290 e. The molecule has 0 aliphatic carbocycles. The van der Waals surface area contributed by atoms with E-state index >= 15 is 0 Å². The van der Waals surface area contributed by atoms with Crippen molar-refractivity contribution in [2.75, 3.05) is 0 Å². The number of aliphatic hydroxyl groups excluding tert-OH is 1. The van der Waals surface area contributed by atoms with Crippen LogP contribution in [0.3, 0.4) is 0 Å². The highest BCUT2D eigenvalue weighted by Gasteiger charge is 1.83. The van der Waals surface area contributed by atoms with Crippen molar-refractivity contribution in [1.29, 1.82) is 0 Å². The summed E-state index contributed by atoms with van der Waals surface area (Å²) in [7, 11) is 0. The molecule has 0 aromatic heterocycles. The van der Waals surface area contributed by atoms with Gasteiger partial charge in [-0.15, -0.1) is 0 Å². The van der Waals surface area contributed by atoms with Gasteiger partial charge in [-0.05, 0) is 6.42 Å². The molecule has 3 N–H and O–H groups in total. The number of aliphatic hydroxyl groups is 2. The Hall–Kier alpha value is -0.610. The van der Waals surface area contributed by atoms with Crippen molar-refractivity contribution in [2.45, 2.75) is 19.6 Å². The first-order chi connectivity index (χ1) is 3.68. The van der Waals surface area contributed by atoms with E-state index in [2.05, 4.69) is 0 Å². The van der Waals surface area contributed by atoms with Crippen LogP contribution in [0.1, 0.15) is 13.3 Å². The van der Waals surface area contributed by atoms with Crippen molar-refractivity contribution in [3.05, 3.63) is 0 Å². The summed E-state index contributed by atoms with van der Waals surface area (Å²) < 4.78 is 0. The lowest BCUT2D eigenvalue weighted by molar-refractivity contribution is -0.122. The fourth-order valence-corrected chi connectivity index (χ4v) is 0. The van der Waals surface area contributed by atoms with Crippen molar-refractivity contribution in [2.24, 2.45) is 0 Å². The molecule has 0 heterocycles. The molecule has 0 unspecified atom stereocenters. The van der Waals surface area contributed by atoms with Gasteiger partial charge in [0, 0.05) is 0 Å². The average Bonchev–Trinajstić information content (AvgIpc) is 1.69. The number of hydrogen-bond donors (Lipinski definition) is 3. The fraction of sp³-hybridized carbons (Fsp3) is 0.750. The normalized spacial score (nSPS) is 7.50. The Morgan fingerprint density at radius 1 is 1.62 bits per heavy atom. The lowest BCUT2D eigenvalue weighted by atomic mass is 10.5. The minimum absolute atomic E-state index is 0.250. The van der Waals surface area contributed by atoms with E-state index in [-0.39, 0.29) is 6.47 Å². The first-order valence-corrected chi connectivity index (χ1v) is 2.13. The third-order valence-electron chi connectivity index (χ3n) is 0.365. The van der Waals surface area contributed by atoms with E-state index in [1.54, 1.807) is 6.92 Å². The highest BCUT2D eigenvalue weighted by atomic mass is 16.5. The summed E-state index contributed by atoms with van der Waals surface area (Å²) in [6, 6.07) is 0. The first-order valence-electron chi connectivity index (χ1n) is 2.13. The molecule has 8 heavy (non-hydrogen) atoms. The van der Waals surface area contributed by atoms with Gasteiger partial charge in [0.15, 0.2) is 6.29 Å². The first kappa shape index (κ1) is 10.4. The third kappa shape index (κ3) is 53.8. The monoisotopic (exact) mass is 122 g/mol. The Morgan fingerprint density at radius 3 is 1.75 bits per heavy atom. The van der Waals surface area contributed by atoms with E-state index < -0.39 is 6.29 Å². The molecule has 0 radical (unpaired) electrons. The zero-order valence-electron chi connectivity index (χ0n) is 4.61. The van der Waals surface area contributed by atoms with Crippen LogP contribution in [-0.2, 0) is 4.79 Å². The molecule has 0 rings (SSSR count). The standard InChI is InChI=1S/C3H8O2.CH2O2/c1-2-3(4)5;2-1-3/h3-5H,2H2,1H3;1H,(H,2,3). The molecule has 0 fully saturated rings. The van der Waals surface area contributed by atoms with Gasteiger partial charge >= 0.3 is 0 Å². The van der Waals surface area contributed by atoms with Gasteiger partial charge in [0.25, 0.3) is 6.47 Å². The minimum atomic E-state index is -1.12. The molecule has 4 heteroatoms. The minimum Gasteiger partial charge on any atom is -0.483 e. The van der Waals surface area contributed by atoms with Crippen LogP contribution in [0.4, 0.5) is 0 Å². The highest BCUT2D eigenvalue weighted by molar-refractivity contribution is 5.32. The third-order valence-corrected chi connectivity index (χ3v) is 0.365. The molecule has 0 bridgehead atoms. The van der Waals surface area contributed by atoms with Gasteiger partial charge in [-0.1, -0.05) is 6.92 Å². The van der Waals surface area contributed by atoms with Gasteiger partial charge in [-0.2, -0.15) is 0 Å². The molecule has 0 saturated heterocycles. The zero-order valence-corrected chi connectivity index (χ0v) is 4.61. The molecule has 50 valence electrons. The van der Waals surface area contributed by atoms with Gasteiger partial charge in [0.2, 0.25) is 0 Å². The molecule has 0 amide bonds. The lowest BCUT2D eigenvalue weighted by Crippen LogP contribution is -1.99. The van der Waals surface area contributed by atoms with Gasteiger partial charge in [-0.3, -0.25) is 4.79 Å². The molecular formula is C4H10O4. The van der Waals surface area contributed by atoms with Crippen molar-refractivity contribution < 1.29 is 20.1 Å². The van der Waals surface area contributed by atoms with Crippen LogP contribution in [0.25, 0.3) is 0 Å². The second-order valence-electron chi connectivity index (χ2n) is 0.994. The zero-order chi connectivity index (χ0) is 6.99. The summed E-state index contributed by atoms with van der Waals surface area (Å²) in [4.78, 5) is 8.36. The predicted octanol–water partition coefficient (Wildman–Crippen LogP) is -0.592. The highest BCUT2D eigenvalue weighted by Crippen LogP contribution is 1.77. The van der Waals surface area contributed by atoms with Gasteiger partial charge in [-0.25, -0.2) is 0 Å². The Morgan fingerprint density at radius 2 is 1.75 bits per heavy atom. The summed E-state index contributed by atoms with van der Waals surface area (Å²) in [5, 5.41) is 22.7. The van der Waals surface area contributed by atoms with E-state index in [1.165, 1.54) is 0 Å². The molecule has 0 aliphatic rings. The van der Waals surface area contributed by atoms with E-state index in [0.29, 0.717) is 6.42 Å². The van der Waals surface area contributed by atoms with Gasteiger partial charge in [0.1, 0.15) is 0 Å². The molecule has 0 aromatic carbocycles. The molecule has 0 aromatic rings. The summed E-state index contributed by atoms with van der Waals surface area (Å²) in [5.74, 6) is 0. The predicted molar refractivity (Wildman–Crippen MR) is 27.2 cm³/mol. The van der Waals surface area contributed by atoms with E-state index in [1.807, 2.05) is 0 Å². The van der Waals surface area contributed by atoms with Crippen LogP contribution in [0, 0.1) is 0 Å². The average molecular weight is 122 g/mol. The molecule has 0 atom stereocenters.